The van der Waals surface area contributed by atoms with Gasteiger partial charge in [-0.25, -0.2) is 9.13 Å². The van der Waals surface area contributed by atoms with Crippen molar-refractivity contribution in [3.8, 4) is 0 Å². The van der Waals surface area contributed by atoms with E-state index in [9.17, 15) is 43.2 Å². The number of hydrogen-bond donors (Lipinski definition) is 3. The third-order valence-electron chi connectivity index (χ3n) is 18.6. The number of esters is 4. The van der Waals surface area contributed by atoms with Gasteiger partial charge in [0.15, 0.2) is 12.2 Å². The molecule has 19 heteroatoms. The predicted molar refractivity (Wildman–Crippen MR) is 409 cm³/mol. The van der Waals surface area contributed by atoms with E-state index in [0.717, 1.165) is 127 Å². The Bertz CT molecular complexity index is 2040. The molecule has 0 amide bonds. The molecule has 0 aliphatic carbocycles. The largest absolute Gasteiger partial charge is 0.472 e. The number of carbonyl (C=O) groups is 4. The minimum absolute atomic E-state index is 0.0844. The van der Waals surface area contributed by atoms with Crippen molar-refractivity contribution in [2.75, 3.05) is 39.6 Å². The molecule has 0 aliphatic heterocycles. The van der Waals surface area contributed by atoms with Crippen LogP contribution in [0.15, 0.2) is 24.3 Å². The highest BCUT2D eigenvalue weighted by Gasteiger charge is 2.30. The summed E-state index contributed by atoms with van der Waals surface area (Å²) in [6.07, 6.45) is 61.8. The molecule has 0 saturated carbocycles. The summed E-state index contributed by atoms with van der Waals surface area (Å²) in [7, 11) is -9.93. The molecule has 100 heavy (non-hydrogen) atoms. The minimum atomic E-state index is -4.97. The quantitative estimate of drug-likeness (QED) is 0.0169. The maximum atomic E-state index is 13.1. The first kappa shape index (κ1) is 97.5. The van der Waals surface area contributed by atoms with Gasteiger partial charge in [-0.1, -0.05) is 342 Å². The molecule has 0 aromatic rings. The number of allylic oxidation sites excluding steroid dienone is 4. The van der Waals surface area contributed by atoms with E-state index in [4.69, 9.17) is 37.0 Å². The van der Waals surface area contributed by atoms with Crippen LogP contribution in [0, 0.1) is 17.8 Å². The lowest BCUT2D eigenvalue weighted by Crippen LogP contribution is -2.30. The lowest BCUT2D eigenvalue weighted by Gasteiger charge is -2.21. The second kappa shape index (κ2) is 70.8. The van der Waals surface area contributed by atoms with Crippen molar-refractivity contribution < 1.29 is 80.2 Å². The van der Waals surface area contributed by atoms with Crippen LogP contribution < -0.4 is 0 Å². The molecule has 0 aliphatic rings. The van der Waals surface area contributed by atoms with E-state index in [-0.39, 0.29) is 25.7 Å². The van der Waals surface area contributed by atoms with Gasteiger partial charge in [-0.3, -0.25) is 37.3 Å². The molecule has 0 spiro atoms. The summed E-state index contributed by atoms with van der Waals surface area (Å²) < 4.78 is 68.7. The highest BCUT2D eigenvalue weighted by atomic mass is 31.2. The summed E-state index contributed by atoms with van der Waals surface area (Å²) in [6, 6.07) is 0. The Labute approximate surface area is 612 Å². The summed E-state index contributed by atoms with van der Waals surface area (Å²) in [5.41, 5.74) is 0. The number of phosphoric ester groups is 2. The maximum Gasteiger partial charge on any atom is 0.472 e. The molecule has 17 nitrogen and oxygen atoms in total. The molecule has 3 unspecified atom stereocenters. The zero-order valence-corrected chi connectivity index (χ0v) is 66.9. The fourth-order valence-corrected chi connectivity index (χ4v) is 13.5. The topological polar surface area (TPSA) is 237 Å². The van der Waals surface area contributed by atoms with Crippen LogP contribution in [0.4, 0.5) is 0 Å². The number of unbranched alkanes of at least 4 members (excludes halogenated alkanes) is 41. The lowest BCUT2D eigenvalue weighted by atomic mass is 9.99. The number of aliphatic hydroxyl groups is 1. The average molecular weight is 1460 g/mol. The van der Waals surface area contributed by atoms with Crippen molar-refractivity contribution in [2.45, 2.75) is 414 Å². The van der Waals surface area contributed by atoms with E-state index in [1.807, 2.05) is 0 Å². The van der Waals surface area contributed by atoms with Gasteiger partial charge in [-0.05, 0) is 69.1 Å². The van der Waals surface area contributed by atoms with E-state index in [1.54, 1.807) is 0 Å². The van der Waals surface area contributed by atoms with Crippen LogP contribution in [0.3, 0.4) is 0 Å². The van der Waals surface area contributed by atoms with Gasteiger partial charge in [-0.15, -0.1) is 0 Å². The van der Waals surface area contributed by atoms with Crippen LogP contribution in [0.1, 0.15) is 395 Å². The molecule has 6 atom stereocenters. The Morgan fingerprint density at radius 2 is 0.590 bits per heavy atom. The van der Waals surface area contributed by atoms with Crippen LogP contribution in [0.5, 0.6) is 0 Å². The molecule has 0 rings (SSSR count). The van der Waals surface area contributed by atoms with Gasteiger partial charge in [-0.2, -0.15) is 0 Å². The van der Waals surface area contributed by atoms with E-state index in [1.165, 1.54) is 186 Å². The Balaban J connectivity index is 5.30. The van der Waals surface area contributed by atoms with Gasteiger partial charge < -0.3 is 33.8 Å². The Morgan fingerprint density at radius 3 is 0.890 bits per heavy atom. The first-order valence-electron chi connectivity index (χ1n) is 41.2. The number of ether oxygens (including phenoxy) is 4. The van der Waals surface area contributed by atoms with Crippen LogP contribution in [0.2, 0.25) is 0 Å². The fourth-order valence-electron chi connectivity index (χ4n) is 11.9. The molecule has 0 aromatic heterocycles. The van der Waals surface area contributed by atoms with Crippen LogP contribution in [-0.4, -0.2) is 96.7 Å². The zero-order chi connectivity index (χ0) is 73.7. The first-order chi connectivity index (χ1) is 48.3. The molecule has 0 saturated heterocycles. The molecule has 0 heterocycles. The van der Waals surface area contributed by atoms with Crippen molar-refractivity contribution >= 4 is 39.5 Å². The van der Waals surface area contributed by atoms with Gasteiger partial charge in [0.25, 0.3) is 0 Å². The number of hydrogen-bond acceptors (Lipinski definition) is 15. The second-order valence-electron chi connectivity index (χ2n) is 29.7. The van der Waals surface area contributed by atoms with Crippen LogP contribution >= 0.6 is 15.6 Å². The number of carbonyl (C=O) groups excluding carboxylic acids is 4. The van der Waals surface area contributed by atoms with Gasteiger partial charge >= 0.3 is 39.5 Å². The molecule has 3 N–H and O–H groups in total. The Kier molecular flexibility index (Phi) is 69.1. The second-order valence-corrected chi connectivity index (χ2v) is 32.6. The van der Waals surface area contributed by atoms with Crippen molar-refractivity contribution in [3.63, 3.8) is 0 Å². The number of phosphoric acid groups is 2. The molecule has 0 aromatic carbocycles. The summed E-state index contributed by atoms with van der Waals surface area (Å²) >= 11 is 0. The molecular weight excluding hydrogens is 1310 g/mol. The van der Waals surface area contributed by atoms with E-state index in [0.29, 0.717) is 25.7 Å². The minimum Gasteiger partial charge on any atom is -0.462 e. The summed E-state index contributed by atoms with van der Waals surface area (Å²) in [5, 5.41) is 10.6. The molecule has 0 bridgehead atoms. The van der Waals surface area contributed by atoms with Gasteiger partial charge in [0.05, 0.1) is 26.4 Å². The smallest absolute Gasteiger partial charge is 0.462 e. The number of aliphatic hydroxyl groups excluding tert-OH is 1. The van der Waals surface area contributed by atoms with Crippen molar-refractivity contribution in [2.24, 2.45) is 17.8 Å². The monoisotopic (exact) mass is 1460 g/mol. The normalized spacial score (nSPS) is 14.4. The van der Waals surface area contributed by atoms with Crippen LogP contribution in [0.25, 0.3) is 0 Å². The third kappa shape index (κ3) is 72.5. The summed E-state index contributed by atoms with van der Waals surface area (Å²) in [5.74, 6) is 0.216. The fraction of sp³-hybridized carbons (Fsp3) is 0.901. The lowest BCUT2D eigenvalue weighted by molar-refractivity contribution is -0.161. The highest BCUT2D eigenvalue weighted by Crippen LogP contribution is 2.45. The van der Waals surface area contributed by atoms with Gasteiger partial charge in [0, 0.05) is 25.7 Å². The molecule has 0 fully saturated rings. The molecule has 0 radical (unpaired) electrons. The first-order valence-corrected chi connectivity index (χ1v) is 44.2. The van der Waals surface area contributed by atoms with Gasteiger partial charge in [0.2, 0.25) is 0 Å². The summed E-state index contributed by atoms with van der Waals surface area (Å²) in [4.78, 5) is 73.0. The summed E-state index contributed by atoms with van der Waals surface area (Å²) in [6.45, 7) is 11.9. The zero-order valence-electron chi connectivity index (χ0n) is 65.2. The maximum absolute atomic E-state index is 13.1. The van der Waals surface area contributed by atoms with Crippen molar-refractivity contribution in [3.05, 3.63) is 24.3 Å². The van der Waals surface area contributed by atoms with E-state index < -0.39 is 97.5 Å². The molecule has 590 valence electrons. The van der Waals surface area contributed by atoms with Crippen molar-refractivity contribution in [1.82, 2.24) is 0 Å². The third-order valence-corrected chi connectivity index (χ3v) is 20.5. The Hall–Kier alpha value is -2.46. The average Bonchev–Trinajstić information content (AvgIpc) is 0.938. The molecular formula is C81H154O17P2. The SMILES string of the molecule is CCCCCC/C=C\C=C/CCCCCCCC(=O)O[C@H](COC(=O)CCCCCCCCCCC(C)C)COP(=O)(O)OC[C@H](O)COP(=O)(O)OC[C@@H](COC(=O)CCCCCCCCCCCCCCCC(C)C)OC(=O)CCCCCCCCCCCCCCCCC(C)CC. The van der Waals surface area contributed by atoms with Gasteiger partial charge in [0.1, 0.15) is 19.3 Å². The standard InChI is InChI=1S/C81H154O17P2/c1-8-10-11-12-13-14-15-16-17-23-29-34-43-50-57-64-81(86)98-77(69-92-79(84)63-56-49-42-37-36-39-46-53-60-73(5)6)71-96-100(89,90)94-67-75(82)66-93-99(87,88)95-70-76(68-91-78(83)62-55-48-41-33-28-25-20-21-26-31-38-45-52-59-72(3)4)97-80(85)65-58-51-44-35-30-24-19-18-22-27-32-40-47-54-61-74(7)9-2/h14-17,72-77,82H,8-13,18-71H2,1-7H3,(H,87,88)(H,89,90)/b15-14-,17-16-/t74?,75-,76-,77-/m1/s1. The predicted octanol–water partition coefficient (Wildman–Crippen LogP) is 23.7. The highest BCUT2D eigenvalue weighted by molar-refractivity contribution is 7.47. The number of rotatable bonds is 77. The van der Waals surface area contributed by atoms with E-state index in [2.05, 4.69) is 72.8 Å². The van der Waals surface area contributed by atoms with E-state index >= 15 is 0 Å². The van der Waals surface area contributed by atoms with Crippen molar-refractivity contribution in [1.29, 1.82) is 0 Å². The Morgan fingerprint density at radius 1 is 0.330 bits per heavy atom. The van der Waals surface area contributed by atoms with Crippen LogP contribution in [-0.2, 0) is 65.4 Å².